The van der Waals surface area contributed by atoms with Crippen LogP contribution >= 0.6 is 11.8 Å². The van der Waals surface area contributed by atoms with Crippen LogP contribution in [0.3, 0.4) is 0 Å². The monoisotopic (exact) mass is 341 g/mol. The Bertz CT molecular complexity index is 669. The molecule has 2 aromatic rings. The predicted octanol–water partition coefficient (Wildman–Crippen LogP) is 3.20. The molecule has 2 aromatic carbocycles. The zero-order chi connectivity index (χ0) is 16.8. The van der Waals surface area contributed by atoms with Gasteiger partial charge in [0, 0.05) is 28.9 Å². The summed E-state index contributed by atoms with van der Waals surface area (Å²) in [5.74, 6) is 0.0339. The highest BCUT2D eigenvalue weighted by Gasteiger charge is 2.18. The Labute approximate surface area is 147 Å². The maximum atomic E-state index is 12.4. The molecule has 4 nitrogen and oxygen atoms in total. The van der Waals surface area contributed by atoms with Gasteiger partial charge in [0.2, 0.25) is 5.91 Å². The molecule has 0 atom stereocenters. The van der Waals surface area contributed by atoms with Crippen LogP contribution in [0.5, 0.6) is 0 Å². The van der Waals surface area contributed by atoms with Crippen LogP contribution in [0.15, 0.2) is 64.4 Å². The molecule has 126 valence electrons. The summed E-state index contributed by atoms with van der Waals surface area (Å²) in [6, 6.07) is 18.4. The molecule has 5 heteroatoms. The Morgan fingerprint density at radius 2 is 1.75 bits per heavy atom. The first-order chi connectivity index (χ1) is 11.7. The van der Waals surface area contributed by atoms with E-state index in [1.54, 1.807) is 11.8 Å². The maximum Gasteiger partial charge on any atom is 0.238 e. The summed E-state index contributed by atoms with van der Waals surface area (Å²) in [6.45, 7) is 2.22. The van der Waals surface area contributed by atoms with Crippen molar-refractivity contribution in [2.24, 2.45) is 5.73 Å². The molecule has 0 spiro atoms. The van der Waals surface area contributed by atoms with Crippen molar-refractivity contribution < 1.29 is 4.79 Å². The second kappa shape index (κ2) is 8.33. The zero-order valence-corrected chi connectivity index (χ0v) is 14.5. The molecule has 1 aliphatic heterocycles. The smallest absolute Gasteiger partial charge is 0.238 e. The Morgan fingerprint density at radius 1 is 1.08 bits per heavy atom. The van der Waals surface area contributed by atoms with Crippen LogP contribution in [0.25, 0.3) is 0 Å². The van der Waals surface area contributed by atoms with E-state index in [1.165, 1.54) is 0 Å². The summed E-state index contributed by atoms with van der Waals surface area (Å²) in [6.07, 6.45) is 1.93. The number of rotatable bonds is 5. The number of hydrogen-bond donors (Lipinski definition) is 2. The summed E-state index contributed by atoms with van der Waals surface area (Å²) in [5.41, 5.74) is 6.78. The highest BCUT2D eigenvalue weighted by atomic mass is 32.2. The molecule has 3 rings (SSSR count). The SMILES string of the molecule is NC1CCN(CC(=O)Nc2ccccc2Sc2ccccc2)CC1. The van der Waals surface area contributed by atoms with Crippen molar-refractivity contribution in [2.45, 2.75) is 28.7 Å². The second-order valence-electron chi connectivity index (χ2n) is 6.07. The number of para-hydroxylation sites is 1. The normalized spacial score (nSPS) is 16.0. The molecule has 0 aliphatic carbocycles. The minimum Gasteiger partial charge on any atom is -0.328 e. The minimum atomic E-state index is 0.0339. The van der Waals surface area contributed by atoms with E-state index in [-0.39, 0.29) is 11.9 Å². The van der Waals surface area contributed by atoms with Crippen molar-refractivity contribution in [1.82, 2.24) is 4.90 Å². The van der Waals surface area contributed by atoms with Crippen molar-refractivity contribution in [3.63, 3.8) is 0 Å². The maximum absolute atomic E-state index is 12.4. The van der Waals surface area contributed by atoms with Gasteiger partial charge >= 0.3 is 0 Å². The van der Waals surface area contributed by atoms with E-state index in [1.807, 2.05) is 42.5 Å². The third-order valence-corrected chi connectivity index (χ3v) is 5.22. The molecule has 0 unspecified atom stereocenters. The number of carbonyl (C=O) groups is 1. The van der Waals surface area contributed by atoms with Crippen molar-refractivity contribution in [3.8, 4) is 0 Å². The molecule has 0 aromatic heterocycles. The van der Waals surface area contributed by atoms with E-state index < -0.39 is 0 Å². The average molecular weight is 341 g/mol. The second-order valence-corrected chi connectivity index (χ2v) is 7.19. The quantitative estimate of drug-likeness (QED) is 0.877. The van der Waals surface area contributed by atoms with Crippen molar-refractivity contribution in [3.05, 3.63) is 54.6 Å². The van der Waals surface area contributed by atoms with E-state index >= 15 is 0 Å². The number of likely N-dealkylation sites (tertiary alicyclic amines) is 1. The van der Waals surface area contributed by atoms with Gasteiger partial charge in [-0.1, -0.05) is 42.1 Å². The van der Waals surface area contributed by atoms with Gasteiger partial charge in [-0.05, 0) is 37.1 Å². The summed E-state index contributed by atoms with van der Waals surface area (Å²) >= 11 is 1.66. The van der Waals surface area contributed by atoms with Crippen LogP contribution < -0.4 is 11.1 Å². The summed E-state index contributed by atoms with van der Waals surface area (Å²) in [4.78, 5) is 16.8. The summed E-state index contributed by atoms with van der Waals surface area (Å²) in [7, 11) is 0. The van der Waals surface area contributed by atoms with Gasteiger partial charge in [0.25, 0.3) is 0 Å². The molecule has 24 heavy (non-hydrogen) atoms. The molecule has 1 fully saturated rings. The van der Waals surface area contributed by atoms with E-state index in [9.17, 15) is 4.79 Å². The highest BCUT2D eigenvalue weighted by molar-refractivity contribution is 7.99. The zero-order valence-electron chi connectivity index (χ0n) is 13.7. The van der Waals surface area contributed by atoms with Crippen LogP contribution in [0.1, 0.15) is 12.8 Å². The largest absolute Gasteiger partial charge is 0.328 e. The Morgan fingerprint density at radius 3 is 2.50 bits per heavy atom. The van der Waals surface area contributed by atoms with Crippen molar-refractivity contribution >= 4 is 23.4 Å². The molecule has 0 radical (unpaired) electrons. The standard InChI is InChI=1S/C19H23N3OS/c20-15-10-12-22(13-11-15)14-19(23)21-17-8-4-5-9-18(17)24-16-6-2-1-3-7-16/h1-9,15H,10-14,20H2,(H,21,23). The number of nitrogens with one attached hydrogen (secondary N) is 1. The number of nitrogens with two attached hydrogens (primary N) is 1. The lowest BCUT2D eigenvalue weighted by atomic mass is 10.1. The molecule has 1 heterocycles. The van der Waals surface area contributed by atoms with Crippen LogP contribution in [-0.4, -0.2) is 36.5 Å². The first-order valence-electron chi connectivity index (χ1n) is 8.30. The van der Waals surface area contributed by atoms with Gasteiger partial charge in [-0.25, -0.2) is 0 Å². The number of carbonyl (C=O) groups excluding carboxylic acids is 1. The Kier molecular flexibility index (Phi) is 5.91. The lowest BCUT2D eigenvalue weighted by molar-refractivity contribution is -0.117. The molecular weight excluding hydrogens is 318 g/mol. The van der Waals surface area contributed by atoms with Crippen LogP contribution in [0, 0.1) is 0 Å². The molecule has 1 saturated heterocycles. The Hall–Kier alpha value is -1.82. The average Bonchev–Trinajstić information content (AvgIpc) is 2.60. The minimum absolute atomic E-state index is 0.0339. The molecular formula is C19H23N3OS. The van der Waals surface area contributed by atoms with Gasteiger partial charge in [-0.15, -0.1) is 0 Å². The van der Waals surface area contributed by atoms with Crippen LogP contribution in [0.4, 0.5) is 5.69 Å². The lowest BCUT2D eigenvalue weighted by Crippen LogP contribution is -2.43. The number of nitrogens with zero attached hydrogens (tertiary/aromatic N) is 1. The predicted molar refractivity (Wildman–Crippen MR) is 99.3 cm³/mol. The fraction of sp³-hybridized carbons (Fsp3) is 0.316. The van der Waals surface area contributed by atoms with Gasteiger partial charge in [-0.3, -0.25) is 9.69 Å². The van der Waals surface area contributed by atoms with Crippen LogP contribution in [0.2, 0.25) is 0 Å². The molecule has 1 aliphatic rings. The highest BCUT2D eigenvalue weighted by Crippen LogP contribution is 2.33. The van der Waals surface area contributed by atoms with Gasteiger partial charge in [0.1, 0.15) is 0 Å². The number of amides is 1. The number of hydrogen-bond acceptors (Lipinski definition) is 4. The molecule has 3 N–H and O–H groups in total. The number of benzene rings is 2. The van der Waals surface area contributed by atoms with E-state index in [0.29, 0.717) is 6.54 Å². The molecule has 0 saturated carbocycles. The summed E-state index contributed by atoms with van der Waals surface area (Å²) < 4.78 is 0. The topological polar surface area (TPSA) is 58.4 Å². The Balaban J connectivity index is 1.61. The fourth-order valence-corrected chi connectivity index (χ4v) is 3.70. The third kappa shape index (κ3) is 4.84. The van der Waals surface area contributed by atoms with Gasteiger partial charge in [0.15, 0.2) is 0 Å². The van der Waals surface area contributed by atoms with E-state index in [2.05, 4.69) is 22.3 Å². The van der Waals surface area contributed by atoms with E-state index in [0.717, 1.165) is 41.4 Å². The van der Waals surface area contributed by atoms with Crippen molar-refractivity contribution in [2.75, 3.05) is 25.0 Å². The third-order valence-electron chi connectivity index (χ3n) is 4.13. The first kappa shape index (κ1) is 17.0. The number of anilines is 1. The van der Waals surface area contributed by atoms with E-state index in [4.69, 9.17) is 5.73 Å². The van der Waals surface area contributed by atoms with Crippen LogP contribution in [-0.2, 0) is 4.79 Å². The summed E-state index contributed by atoms with van der Waals surface area (Å²) in [5, 5.41) is 3.06. The molecule has 1 amide bonds. The van der Waals surface area contributed by atoms with Gasteiger partial charge in [-0.2, -0.15) is 0 Å². The fourth-order valence-electron chi connectivity index (χ4n) is 2.78. The number of piperidine rings is 1. The van der Waals surface area contributed by atoms with Gasteiger partial charge < -0.3 is 11.1 Å². The molecule has 0 bridgehead atoms. The van der Waals surface area contributed by atoms with Crippen molar-refractivity contribution in [1.29, 1.82) is 0 Å². The lowest BCUT2D eigenvalue weighted by Gasteiger charge is -2.29. The van der Waals surface area contributed by atoms with Gasteiger partial charge in [0.05, 0.1) is 12.2 Å². The first-order valence-corrected chi connectivity index (χ1v) is 9.12.